The van der Waals surface area contributed by atoms with Crippen LogP contribution < -0.4 is 31.1 Å². The maximum Gasteiger partial charge on any atom is 0.253 e. The molecule has 2 aromatic carbocycles. The molecule has 0 saturated heterocycles. The van der Waals surface area contributed by atoms with Gasteiger partial charge in [-0.3, -0.25) is 28.8 Å². The third kappa shape index (κ3) is 15.6. The first-order chi connectivity index (χ1) is 29.7. The van der Waals surface area contributed by atoms with Crippen molar-refractivity contribution in [2.45, 2.75) is 30.8 Å². The van der Waals surface area contributed by atoms with E-state index in [1.165, 1.54) is 0 Å². The lowest BCUT2D eigenvalue weighted by molar-refractivity contribution is -0.127. The van der Waals surface area contributed by atoms with Crippen LogP contribution in [0.5, 0.6) is 0 Å². The maximum atomic E-state index is 14.6. The van der Waals surface area contributed by atoms with Gasteiger partial charge in [-0.1, -0.05) is 0 Å². The number of hydrogen-bond acceptors (Lipinski definition) is 16. The molecule has 2 rings (SSSR count). The Morgan fingerprint density at radius 1 is 0.429 bits per heavy atom. The zero-order chi connectivity index (χ0) is 47.9. The Labute approximate surface area is 441 Å². The van der Waals surface area contributed by atoms with Gasteiger partial charge in [0.25, 0.3) is 23.6 Å². The summed E-state index contributed by atoms with van der Waals surface area (Å²) >= 11 is 10.3. The van der Waals surface area contributed by atoms with Gasteiger partial charge in [-0.2, -0.15) is 0 Å². The summed E-state index contributed by atoms with van der Waals surface area (Å²) in [4.78, 5) is 85.5. The van der Waals surface area contributed by atoms with Crippen molar-refractivity contribution in [2.24, 2.45) is 0 Å². The molecule has 2 aromatic rings. The number of carbonyl (C=O) groups excluding carboxylic acids is 6. The van der Waals surface area contributed by atoms with E-state index in [-0.39, 0.29) is 68.1 Å². The zero-order valence-corrected chi connectivity index (χ0v) is 45.5. The Morgan fingerprint density at radius 2 is 0.698 bits per heavy atom. The van der Waals surface area contributed by atoms with Crippen LogP contribution in [0.25, 0.3) is 0 Å². The summed E-state index contributed by atoms with van der Waals surface area (Å²) in [6.07, 6.45) is -7.21. The van der Waals surface area contributed by atoms with E-state index in [0.717, 1.165) is 9.80 Å². The van der Waals surface area contributed by atoms with Gasteiger partial charge in [-0.15, -0.1) is 0 Å². The number of carbonyl (C=O) groups is 6. The highest BCUT2D eigenvalue weighted by Crippen LogP contribution is 2.40. The van der Waals surface area contributed by atoms with Crippen LogP contribution in [0.1, 0.15) is 47.9 Å². The van der Waals surface area contributed by atoms with E-state index < -0.39 is 132 Å². The first-order valence-electron chi connectivity index (χ1n) is 18.2. The molecule has 28 heteroatoms. The van der Waals surface area contributed by atoms with Gasteiger partial charge in [0.15, 0.2) is 0 Å². The molecule has 0 aliphatic rings. The molecule has 4 atom stereocenters. The van der Waals surface area contributed by atoms with Crippen LogP contribution in [0, 0.1) is 21.4 Å². The fraction of sp³-hybridized carbons (Fsp3) is 0.486. The van der Waals surface area contributed by atoms with Crippen molar-refractivity contribution in [2.75, 3.05) is 88.7 Å². The summed E-state index contributed by atoms with van der Waals surface area (Å²) in [5.74, 6) is -5.56. The first-order valence-corrected chi connectivity index (χ1v) is 24.7. The highest BCUT2D eigenvalue weighted by molar-refractivity contribution is 14.1. The number of nitrogens with zero attached hydrogens (tertiary/aromatic N) is 2. The quantitative estimate of drug-likeness (QED) is 0.0378. The molecule has 0 aromatic heterocycles. The van der Waals surface area contributed by atoms with Gasteiger partial charge in [0.2, 0.25) is 11.8 Å². The molecule has 0 aliphatic heterocycles. The van der Waals surface area contributed by atoms with Gasteiger partial charge < -0.3 is 82.1 Å². The minimum absolute atomic E-state index is 0.00294. The van der Waals surface area contributed by atoms with Crippen molar-refractivity contribution < 1.29 is 79.8 Å². The predicted molar refractivity (Wildman–Crippen MR) is 274 cm³/mol. The second kappa shape index (κ2) is 28.5. The molecule has 0 radical (unpaired) electrons. The Hall–Kier alpha value is -0.760. The van der Waals surface area contributed by atoms with Crippen molar-refractivity contribution in [3.8, 4) is 0 Å². The molecule has 6 amide bonds. The molecule has 0 fully saturated rings. The molecule has 0 bridgehead atoms. The summed E-state index contributed by atoms with van der Waals surface area (Å²) in [5.41, 5.74) is -1.11. The molecular formula is C35H44I6N6O16. The normalized spacial score (nSPS) is 13.1. The Bertz CT molecular complexity index is 1860. The van der Waals surface area contributed by atoms with Crippen LogP contribution in [-0.4, -0.2) is 190 Å². The van der Waals surface area contributed by atoms with E-state index in [1.54, 1.807) is 136 Å². The SMILES string of the molecule is O=C(NCCO)c1c(I)c(C(=O)NCC(O)CO)c(I)c(N(CC(O)CO)C(=O)CC(=O)N(CC(O)CO)c2c(I)c(C(=O)NCCO)c(I)c(C(=O)NCC(O)CO)c2I)c1I. The van der Waals surface area contributed by atoms with Crippen molar-refractivity contribution in [3.63, 3.8) is 0 Å². The largest absolute Gasteiger partial charge is 0.395 e. The average molecular weight is 1570 g/mol. The summed E-state index contributed by atoms with van der Waals surface area (Å²) in [7, 11) is 0. The van der Waals surface area contributed by atoms with Crippen LogP contribution in [0.3, 0.4) is 0 Å². The average Bonchev–Trinajstić information content (AvgIpc) is 3.24. The van der Waals surface area contributed by atoms with Gasteiger partial charge in [0, 0.05) is 33.3 Å². The Balaban J connectivity index is 3.00. The van der Waals surface area contributed by atoms with Gasteiger partial charge in [0.05, 0.1) is 125 Å². The van der Waals surface area contributed by atoms with E-state index in [9.17, 15) is 79.8 Å². The second-order valence-electron chi connectivity index (χ2n) is 13.0. The molecule has 22 nitrogen and oxygen atoms in total. The molecule has 0 heterocycles. The smallest absolute Gasteiger partial charge is 0.253 e. The molecule has 0 saturated carbocycles. The lowest BCUT2D eigenvalue weighted by Gasteiger charge is -2.32. The zero-order valence-electron chi connectivity index (χ0n) is 32.6. The third-order valence-electron chi connectivity index (χ3n) is 8.36. The Kier molecular flexibility index (Phi) is 26.4. The minimum atomic E-state index is -1.67. The van der Waals surface area contributed by atoms with Crippen molar-refractivity contribution in [1.82, 2.24) is 21.3 Å². The van der Waals surface area contributed by atoms with E-state index >= 15 is 0 Å². The number of benzene rings is 2. The van der Waals surface area contributed by atoms with Gasteiger partial charge in [-0.25, -0.2) is 0 Å². The molecule has 63 heavy (non-hydrogen) atoms. The predicted octanol–water partition coefficient (Wildman–Crippen LogP) is -2.61. The summed E-state index contributed by atoms with van der Waals surface area (Å²) < 4.78 is 0.140. The number of amides is 6. The summed E-state index contributed by atoms with van der Waals surface area (Å²) in [6.45, 7) is -6.90. The highest BCUT2D eigenvalue weighted by atomic mass is 127. The van der Waals surface area contributed by atoms with E-state index in [1.807, 2.05) is 0 Å². The van der Waals surface area contributed by atoms with Crippen LogP contribution in [0.2, 0.25) is 0 Å². The number of nitrogens with one attached hydrogen (secondary N) is 4. The van der Waals surface area contributed by atoms with Crippen LogP contribution in [0.4, 0.5) is 11.4 Å². The molecular weight excluding hydrogens is 1520 g/mol. The minimum Gasteiger partial charge on any atom is -0.395 e. The third-order valence-corrected chi connectivity index (χ3v) is 14.7. The number of anilines is 2. The van der Waals surface area contributed by atoms with Crippen LogP contribution in [0.15, 0.2) is 0 Å². The number of rotatable bonds is 24. The second-order valence-corrected chi connectivity index (χ2v) is 19.5. The molecule has 352 valence electrons. The number of aliphatic hydroxyl groups excluding tert-OH is 10. The van der Waals surface area contributed by atoms with Gasteiger partial charge in [-0.05, 0) is 136 Å². The molecule has 0 aliphatic carbocycles. The van der Waals surface area contributed by atoms with E-state index in [0.29, 0.717) is 0 Å². The molecule has 0 spiro atoms. The van der Waals surface area contributed by atoms with E-state index in [2.05, 4.69) is 21.3 Å². The van der Waals surface area contributed by atoms with Gasteiger partial charge >= 0.3 is 0 Å². The fourth-order valence-corrected chi connectivity index (χ4v) is 14.8. The monoisotopic (exact) mass is 1570 g/mol. The standard InChI is InChI=1S/C35H44I6N6O16/c36-24-20(32(60)42-1-3-48)26(38)30(28(40)22(24)34(62)44-6-14(54)10-50)46(8-16(56)12-52)18(58)5-19(59)47(9-17(57)13-53)31-27(39)21(33(61)43-2-4-49)25(37)23(29(31)41)35(63)45-7-15(55)11-51/h14-17,48-57H,1-13H2,(H,42,60)(H,43,61)(H,44,62)(H,45,63). The summed E-state index contributed by atoms with van der Waals surface area (Å²) in [5, 5.41) is 108. The van der Waals surface area contributed by atoms with E-state index in [4.69, 9.17) is 0 Å². The topological polar surface area (TPSA) is 359 Å². The van der Waals surface area contributed by atoms with Gasteiger partial charge in [0.1, 0.15) is 6.42 Å². The molecule has 14 N–H and O–H groups in total. The highest BCUT2D eigenvalue weighted by Gasteiger charge is 2.37. The summed E-state index contributed by atoms with van der Waals surface area (Å²) in [6, 6.07) is 0. The number of hydrogen-bond donors (Lipinski definition) is 14. The lowest BCUT2D eigenvalue weighted by Crippen LogP contribution is -2.46. The lowest BCUT2D eigenvalue weighted by atomic mass is 10.0. The van der Waals surface area contributed by atoms with Crippen LogP contribution >= 0.6 is 136 Å². The molecule has 4 unspecified atom stereocenters. The first kappa shape index (κ1) is 58.4. The Morgan fingerprint density at radius 3 is 0.952 bits per heavy atom. The maximum absolute atomic E-state index is 14.6. The van der Waals surface area contributed by atoms with Crippen molar-refractivity contribution in [3.05, 3.63) is 43.7 Å². The fourth-order valence-electron chi connectivity index (χ4n) is 5.31. The van der Waals surface area contributed by atoms with Crippen molar-refractivity contribution >= 4 is 182 Å². The number of aliphatic hydroxyl groups is 10. The van der Waals surface area contributed by atoms with Crippen LogP contribution in [-0.2, 0) is 9.59 Å². The van der Waals surface area contributed by atoms with Crippen molar-refractivity contribution in [1.29, 1.82) is 0 Å². The number of halogens is 6.